The number of hydrogen-bond donors (Lipinski definition) is 1. The molecule has 3 nitrogen and oxygen atoms in total. The summed E-state index contributed by atoms with van der Waals surface area (Å²) in [4.78, 5) is 13.8. The van der Waals surface area contributed by atoms with Gasteiger partial charge in [0.25, 0.3) is 0 Å². The lowest BCUT2D eigenvalue weighted by atomic mass is 9.96. The smallest absolute Gasteiger partial charge is 0.229 e. The van der Waals surface area contributed by atoms with E-state index in [-0.39, 0.29) is 17.5 Å². The first-order valence-corrected chi connectivity index (χ1v) is 6.14. The normalized spacial score (nSPS) is 23.2. The fourth-order valence-corrected chi connectivity index (χ4v) is 2.37. The molecule has 1 amide bonds. The second-order valence-electron chi connectivity index (χ2n) is 5.21. The zero-order valence-corrected chi connectivity index (χ0v) is 10.7. The maximum absolute atomic E-state index is 12.0. The van der Waals surface area contributed by atoms with Gasteiger partial charge in [0.2, 0.25) is 5.91 Å². The fourth-order valence-electron chi connectivity index (χ4n) is 2.37. The molecule has 17 heavy (non-hydrogen) atoms. The first kappa shape index (κ1) is 12.1. The van der Waals surface area contributed by atoms with Crippen molar-refractivity contribution in [3.05, 3.63) is 29.8 Å². The Hall–Kier alpha value is -1.35. The van der Waals surface area contributed by atoms with Gasteiger partial charge in [-0.25, -0.2) is 0 Å². The van der Waals surface area contributed by atoms with E-state index >= 15 is 0 Å². The number of carbonyl (C=O) groups is 1. The fraction of sp³-hybridized carbons (Fsp3) is 0.500. The Morgan fingerprint density at radius 2 is 1.94 bits per heavy atom. The van der Waals surface area contributed by atoms with Gasteiger partial charge >= 0.3 is 0 Å². The van der Waals surface area contributed by atoms with E-state index in [9.17, 15) is 4.79 Å². The van der Waals surface area contributed by atoms with E-state index < -0.39 is 0 Å². The summed E-state index contributed by atoms with van der Waals surface area (Å²) in [6, 6.07) is 8.07. The molecule has 92 valence electrons. The van der Waals surface area contributed by atoms with Crippen molar-refractivity contribution in [3.8, 4) is 0 Å². The van der Waals surface area contributed by atoms with Gasteiger partial charge in [-0.2, -0.15) is 0 Å². The van der Waals surface area contributed by atoms with Crippen molar-refractivity contribution >= 4 is 11.6 Å². The number of nitrogens with two attached hydrogens (primary N) is 1. The van der Waals surface area contributed by atoms with Crippen LogP contribution in [-0.2, 0) is 11.2 Å². The molecule has 1 fully saturated rings. The molecule has 0 aliphatic carbocycles. The lowest BCUT2D eigenvalue weighted by Gasteiger charge is -2.34. The van der Waals surface area contributed by atoms with Crippen molar-refractivity contribution in [2.24, 2.45) is 5.73 Å². The Bertz CT molecular complexity index is 422. The predicted octanol–water partition coefficient (Wildman–Crippen LogP) is 2.09. The summed E-state index contributed by atoms with van der Waals surface area (Å²) in [5.41, 5.74) is 7.95. The topological polar surface area (TPSA) is 46.3 Å². The van der Waals surface area contributed by atoms with Crippen molar-refractivity contribution in [2.75, 3.05) is 4.90 Å². The van der Waals surface area contributed by atoms with E-state index in [2.05, 4.69) is 19.1 Å². The van der Waals surface area contributed by atoms with Gasteiger partial charge in [0.15, 0.2) is 0 Å². The van der Waals surface area contributed by atoms with Gasteiger partial charge in [-0.3, -0.25) is 4.79 Å². The number of aryl methyl sites for hydroxylation is 1. The molecule has 0 saturated carbocycles. The van der Waals surface area contributed by atoms with E-state index in [4.69, 9.17) is 5.73 Å². The Kier molecular flexibility index (Phi) is 2.96. The molecule has 0 spiro atoms. The van der Waals surface area contributed by atoms with Crippen molar-refractivity contribution in [2.45, 2.75) is 45.2 Å². The van der Waals surface area contributed by atoms with Crippen LogP contribution in [0.15, 0.2) is 24.3 Å². The Morgan fingerprint density at radius 1 is 1.35 bits per heavy atom. The second kappa shape index (κ2) is 4.15. The third kappa shape index (κ3) is 1.95. The Balaban J connectivity index is 2.35. The van der Waals surface area contributed by atoms with Gasteiger partial charge in [0.05, 0.1) is 5.54 Å². The Labute approximate surface area is 103 Å². The molecule has 1 saturated heterocycles. The van der Waals surface area contributed by atoms with E-state index in [0.717, 1.165) is 12.1 Å². The predicted molar refractivity (Wildman–Crippen MR) is 70.0 cm³/mol. The lowest BCUT2D eigenvalue weighted by molar-refractivity contribution is -0.117. The van der Waals surface area contributed by atoms with E-state index in [0.29, 0.717) is 6.42 Å². The first-order valence-electron chi connectivity index (χ1n) is 6.14. The maximum Gasteiger partial charge on any atom is 0.229 e. The molecular formula is C14H20N2O. The highest BCUT2D eigenvalue weighted by molar-refractivity contribution is 5.98. The molecule has 2 N–H and O–H groups in total. The summed E-state index contributed by atoms with van der Waals surface area (Å²) >= 11 is 0. The molecule has 1 atom stereocenters. The monoisotopic (exact) mass is 232 g/mol. The van der Waals surface area contributed by atoms with Crippen LogP contribution in [0.3, 0.4) is 0 Å². The van der Waals surface area contributed by atoms with Crippen LogP contribution >= 0.6 is 0 Å². The van der Waals surface area contributed by atoms with Crippen LogP contribution < -0.4 is 10.6 Å². The van der Waals surface area contributed by atoms with Crippen LogP contribution in [0.1, 0.15) is 32.8 Å². The summed E-state index contributed by atoms with van der Waals surface area (Å²) in [5, 5.41) is 0. The molecular weight excluding hydrogens is 212 g/mol. The van der Waals surface area contributed by atoms with Crippen molar-refractivity contribution in [1.29, 1.82) is 0 Å². The SMILES string of the molecule is CCc1ccc(N2C(=O)CC(N)C2(C)C)cc1. The average Bonchev–Trinajstić information content (AvgIpc) is 2.49. The van der Waals surface area contributed by atoms with Crippen molar-refractivity contribution in [1.82, 2.24) is 0 Å². The minimum absolute atomic E-state index is 0.0964. The molecule has 0 radical (unpaired) electrons. The summed E-state index contributed by atoms with van der Waals surface area (Å²) in [6.45, 7) is 6.17. The van der Waals surface area contributed by atoms with Gasteiger partial charge < -0.3 is 10.6 Å². The summed E-state index contributed by atoms with van der Waals surface area (Å²) in [6.07, 6.45) is 1.44. The lowest BCUT2D eigenvalue weighted by Crippen LogP contribution is -2.49. The van der Waals surface area contributed by atoms with Gasteiger partial charge in [0.1, 0.15) is 0 Å². The number of rotatable bonds is 2. The first-order chi connectivity index (χ1) is 7.96. The summed E-state index contributed by atoms with van der Waals surface area (Å²) < 4.78 is 0. The van der Waals surface area contributed by atoms with E-state index in [1.165, 1.54) is 5.56 Å². The van der Waals surface area contributed by atoms with Gasteiger partial charge in [-0.15, -0.1) is 0 Å². The zero-order chi connectivity index (χ0) is 12.6. The van der Waals surface area contributed by atoms with Crippen LogP contribution in [0, 0.1) is 0 Å². The minimum atomic E-state index is -0.301. The van der Waals surface area contributed by atoms with E-state index in [1.807, 2.05) is 30.9 Å². The Morgan fingerprint density at radius 3 is 2.35 bits per heavy atom. The average molecular weight is 232 g/mol. The molecule has 0 aromatic heterocycles. The molecule has 2 rings (SSSR count). The van der Waals surface area contributed by atoms with Gasteiger partial charge in [0, 0.05) is 18.2 Å². The molecule has 1 heterocycles. The van der Waals surface area contributed by atoms with Crippen molar-refractivity contribution < 1.29 is 4.79 Å². The van der Waals surface area contributed by atoms with Crippen LogP contribution in [0.2, 0.25) is 0 Å². The van der Waals surface area contributed by atoms with Crippen LogP contribution in [0.4, 0.5) is 5.69 Å². The number of hydrogen-bond acceptors (Lipinski definition) is 2. The molecule has 1 aromatic rings. The number of anilines is 1. The molecule has 1 aliphatic rings. The van der Waals surface area contributed by atoms with Crippen molar-refractivity contribution in [3.63, 3.8) is 0 Å². The molecule has 1 unspecified atom stereocenters. The number of benzene rings is 1. The highest BCUT2D eigenvalue weighted by atomic mass is 16.2. The standard InChI is InChI=1S/C14H20N2O/c1-4-10-5-7-11(8-6-10)16-13(17)9-12(15)14(16,2)3/h5-8,12H,4,9,15H2,1-3H3. The van der Waals surface area contributed by atoms with Gasteiger partial charge in [-0.1, -0.05) is 19.1 Å². The van der Waals surface area contributed by atoms with Crippen LogP contribution in [0.25, 0.3) is 0 Å². The molecule has 1 aliphatic heterocycles. The minimum Gasteiger partial charge on any atom is -0.325 e. The number of amides is 1. The third-order valence-electron chi connectivity index (χ3n) is 3.73. The second-order valence-corrected chi connectivity index (χ2v) is 5.21. The zero-order valence-electron chi connectivity index (χ0n) is 10.7. The van der Waals surface area contributed by atoms with Gasteiger partial charge in [-0.05, 0) is 38.0 Å². The highest BCUT2D eigenvalue weighted by Gasteiger charge is 2.44. The number of nitrogens with zero attached hydrogens (tertiary/aromatic N) is 1. The molecule has 0 bridgehead atoms. The highest BCUT2D eigenvalue weighted by Crippen LogP contribution is 2.33. The van der Waals surface area contributed by atoms with Crippen LogP contribution in [0.5, 0.6) is 0 Å². The maximum atomic E-state index is 12.0. The van der Waals surface area contributed by atoms with E-state index in [1.54, 1.807) is 0 Å². The third-order valence-corrected chi connectivity index (χ3v) is 3.73. The quantitative estimate of drug-likeness (QED) is 0.848. The molecule has 3 heteroatoms. The summed E-state index contributed by atoms with van der Waals surface area (Å²) in [5.74, 6) is 0.117. The summed E-state index contributed by atoms with van der Waals surface area (Å²) in [7, 11) is 0. The molecule has 1 aromatic carbocycles. The largest absolute Gasteiger partial charge is 0.325 e. The van der Waals surface area contributed by atoms with Crippen LogP contribution in [-0.4, -0.2) is 17.5 Å². The number of carbonyl (C=O) groups excluding carboxylic acids is 1.